The van der Waals surface area contributed by atoms with Crippen molar-refractivity contribution in [3.05, 3.63) is 47.9 Å². The van der Waals surface area contributed by atoms with Gasteiger partial charge in [0.05, 0.1) is 11.9 Å². The predicted octanol–water partition coefficient (Wildman–Crippen LogP) is 1.69. The van der Waals surface area contributed by atoms with Gasteiger partial charge in [-0.05, 0) is 19.4 Å². The largest absolute Gasteiger partial charge is 0.342 e. The molecule has 3 aromatic rings. The molecule has 4 rings (SSSR count). The molecule has 0 saturated carbocycles. The van der Waals surface area contributed by atoms with Gasteiger partial charge in [-0.1, -0.05) is 0 Å². The molecule has 1 amide bonds. The average Bonchev–Trinajstić information content (AvgIpc) is 3.21. The van der Waals surface area contributed by atoms with E-state index >= 15 is 0 Å². The van der Waals surface area contributed by atoms with Crippen LogP contribution in [0.1, 0.15) is 34.2 Å². The Hall–Kier alpha value is -2.83. The molecule has 0 radical (unpaired) electrons. The lowest BCUT2D eigenvalue weighted by atomic mass is 10.1. The standard InChI is InChI=1S/C16H16N6O/c1-10-7-20-14(8-19-10)16(23)22-5-2-11(9-22)12-6-13-15(21-12)18-4-3-17-13/h3-4,6-8,11H,2,5,9H2,1H3,(H,18,21)/t11-/m0/s1. The van der Waals surface area contributed by atoms with Gasteiger partial charge in [0.1, 0.15) is 11.2 Å². The maximum absolute atomic E-state index is 12.5. The van der Waals surface area contributed by atoms with Gasteiger partial charge >= 0.3 is 0 Å². The zero-order valence-corrected chi connectivity index (χ0v) is 12.7. The molecule has 1 saturated heterocycles. The number of rotatable bonds is 2. The summed E-state index contributed by atoms with van der Waals surface area (Å²) < 4.78 is 0. The van der Waals surface area contributed by atoms with Crippen molar-refractivity contribution in [2.75, 3.05) is 13.1 Å². The number of nitrogens with zero attached hydrogens (tertiary/aromatic N) is 5. The number of fused-ring (bicyclic) bond motifs is 1. The van der Waals surface area contributed by atoms with Crippen molar-refractivity contribution in [1.29, 1.82) is 0 Å². The molecule has 7 heteroatoms. The molecule has 0 aliphatic carbocycles. The molecule has 1 aliphatic heterocycles. The zero-order chi connectivity index (χ0) is 15.8. The highest BCUT2D eigenvalue weighted by atomic mass is 16.2. The third-order valence-electron chi connectivity index (χ3n) is 4.20. The Morgan fingerprint density at radius 3 is 2.87 bits per heavy atom. The molecular weight excluding hydrogens is 292 g/mol. The molecule has 4 heterocycles. The quantitative estimate of drug-likeness (QED) is 0.778. The first-order valence-corrected chi connectivity index (χ1v) is 7.58. The number of amides is 1. The third kappa shape index (κ3) is 2.54. The van der Waals surface area contributed by atoms with E-state index in [-0.39, 0.29) is 11.8 Å². The van der Waals surface area contributed by atoms with E-state index < -0.39 is 0 Å². The molecule has 23 heavy (non-hydrogen) atoms. The second-order valence-corrected chi connectivity index (χ2v) is 5.79. The smallest absolute Gasteiger partial charge is 0.274 e. The highest BCUT2D eigenvalue weighted by molar-refractivity contribution is 5.92. The Kier molecular flexibility index (Phi) is 3.25. The number of aromatic nitrogens is 5. The maximum Gasteiger partial charge on any atom is 0.274 e. The zero-order valence-electron chi connectivity index (χ0n) is 12.7. The highest BCUT2D eigenvalue weighted by Gasteiger charge is 2.29. The molecule has 7 nitrogen and oxygen atoms in total. The van der Waals surface area contributed by atoms with Crippen LogP contribution in [0.4, 0.5) is 0 Å². The van der Waals surface area contributed by atoms with Crippen LogP contribution in [0.15, 0.2) is 30.9 Å². The molecule has 1 N–H and O–H groups in total. The number of carbonyl (C=O) groups is 1. The molecule has 1 atom stereocenters. The van der Waals surface area contributed by atoms with Crippen LogP contribution in [-0.2, 0) is 0 Å². The Bertz CT molecular complexity index is 823. The lowest BCUT2D eigenvalue weighted by Gasteiger charge is -2.15. The van der Waals surface area contributed by atoms with Crippen LogP contribution in [0.25, 0.3) is 11.2 Å². The molecule has 1 fully saturated rings. The summed E-state index contributed by atoms with van der Waals surface area (Å²) in [4.78, 5) is 34.5. The monoisotopic (exact) mass is 308 g/mol. The molecule has 0 aromatic carbocycles. The minimum Gasteiger partial charge on any atom is -0.342 e. The number of nitrogens with one attached hydrogen (secondary N) is 1. The van der Waals surface area contributed by atoms with Gasteiger partial charge < -0.3 is 9.88 Å². The summed E-state index contributed by atoms with van der Waals surface area (Å²) in [6.45, 7) is 3.24. The van der Waals surface area contributed by atoms with E-state index in [1.54, 1.807) is 24.8 Å². The highest BCUT2D eigenvalue weighted by Crippen LogP contribution is 2.28. The van der Waals surface area contributed by atoms with Gasteiger partial charge in [0, 0.05) is 43.3 Å². The molecule has 116 valence electrons. The third-order valence-corrected chi connectivity index (χ3v) is 4.20. The molecule has 0 spiro atoms. The van der Waals surface area contributed by atoms with Gasteiger partial charge in [-0.2, -0.15) is 0 Å². The van der Waals surface area contributed by atoms with Crippen LogP contribution in [0, 0.1) is 6.92 Å². The predicted molar refractivity (Wildman–Crippen MR) is 83.9 cm³/mol. The van der Waals surface area contributed by atoms with Gasteiger partial charge in [-0.25, -0.2) is 9.97 Å². The molecule has 0 unspecified atom stereocenters. The van der Waals surface area contributed by atoms with E-state index in [2.05, 4.69) is 24.9 Å². The summed E-state index contributed by atoms with van der Waals surface area (Å²) in [5.74, 6) is 0.209. The first-order valence-electron chi connectivity index (χ1n) is 7.58. The minimum atomic E-state index is -0.0626. The summed E-state index contributed by atoms with van der Waals surface area (Å²) in [5, 5.41) is 0. The second-order valence-electron chi connectivity index (χ2n) is 5.79. The fourth-order valence-electron chi connectivity index (χ4n) is 2.95. The molecule has 0 bridgehead atoms. The van der Waals surface area contributed by atoms with Crippen LogP contribution in [0.3, 0.4) is 0 Å². The van der Waals surface area contributed by atoms with Crippen LogP contribution in [0.2, 0.25) is 0 Å². The SMILES string of the molecule is Cc1cnc(C(=O)N2CC[C@H](c3cc4nccnc4[nH]3)C2)cn1. The lowest BCUT2D eigenvalue weighted by Crippen LogP contribution is -2.29. The minimum absolute atomic E-state index is 0.0626. The number of hydrogen-bond acceptors (Lipinski definition) is 5. The lowest BCUT2D eigenvalue weighted by molar-refractivity contribution is 0.0784. The Balaban J connectivity index is 1.52. The summed E-state index contributed by atoms with van der Waals surface area (Å²) in [6, 6.07) is 2.02. The molecule has 1 aliphatic rings. The fraction of sp³-hybridized carbons (Fsp3) is 0.312. The van der Waals surface area contributed by atoms with Crippen molar-refractivity contribution in [3.63, 3.8) is 0 Å². The molecule has 3 aromatic heterocycles. The number of carbonyl (C=O) groups excluding carboxylic acids is 1. The van der Waals surface area contributed by atoms with Gasteiger partial charge in [0.2, 0.25) is 0 Å². The topological polar surface area (TPSA) is 87.7 Å². The first-order chi connectivity index (χ1) is 11.2. The van der Waals surface area contributed by atoms with E-state index in [9.17, 15) is 4.79 Å². The van der Waals surface area contributed by atoms with Gasteiger partial charge in [-0.3, -0.25) is 14.8 Å². The van der Waals surface area contributed by atoms with Gasteiger partial charge in [0.15, 0.2) is 5.65 Å². The van der Waals surface area contributed by atoms with E-state index in [0.717, 1.165) is 35.5 Å². The average molecular weight is 308 g/mol. The van der Waals surface area contributed by atoms with Crippen molar-refractivity contribution < 1.29 is 4.79 Å². The normalized spacial score (nSPS) is 17.8. The van der Waals surface area contributed by atoms with Crippen molar-refractivity contribution in [2.45, 2.75) is 19.3 Å². The van der Waals surface area contributed by atoms with Gasteiger partial charge in [-0.15, -0.1) is 0 Å². The summed E-state index contributed by atoms with van der Waals surface area (Å²) in [7, 11) is 0. The van der Waals surface area contributed by atoms with Crippen LogP contribution in [0.5, 0.6) is 0 Å². The number of hydrogen-bond donors (Lipinski definition) is 1. The summed E-state index contributed by atoms with van der Waals surface area (Å²) in [6.07, 6.45) is 7.43. The van der Waals surface area contributed by atoms with Crippen molar-refractivity contribution in [1.82, 2.24) is 29.8 Å². The van der Waals surface area contributed by atoms with Crippen molar-refractivity contribution in [2.24, 2.45) is 0 Å². The van der Waals surface area contributed by atoms with Crippen molar-refractivity contribution >= 4 is 17.1 Å². The fourth-order valence-corrected chi connectivity index (χ4v) is 2.95. The summed E-state index contributed by atoms with van der Waals surface area (Å²) >= 11 is 0. The van der Waals surface area contributed by atoms with E-state index in [4.69, 9.17) is 0 Å². The van der Waals surface area contributed by atoms with Crippen LogP contribution >= 0.6 is 0 Å². The summed E-state index contributed by atoms with van der Waals surface area (Å²) in [5.41, 5.74) is 3.93. The molecular formula is C16H16N6O. The Morgan fingerprint density at radius 1 is 1.22 bits per heavy atom. The van der Waals surface area contributed by atoms with E-state index in [0.29, 0.717) is 12.2 Å². The number of H-pyrrole nitrogens is 1. The Morgan fingerprint density at radius 2 is 2.09 bits per heavy atom. The second kappa shape index (κ2) is 5.42. The maximum atomic E-state index is 12.5. The first kappa shape index (κ1) is 13.8. The van der Waals surface area contributed by atoms with Gasteiger partial charge in [0.25, 0.3) is 5.91 Å². The number of likely N-dealkylation sites (tertiary alicyclic amines) is 1. The Labute approximate surface area is 132 Å². The van der Waals surface area contributed by atoms with Crippen molar-refractivity contribution in [3.8, 4) is 0 Å². The van der Waals surface area contributed by atoms with E-state index in [1.807, 2.05) is 17.9 Å². The van der Waals surface area contributed by atoms with Crippen LogP contribution < -0.4 is 0 Å². The van der Waals surface area contributed by atoms with E-state index in [1.165, 1.54) is 0 Å². The number of aryl methyl sites for hydroxylation is 1. The number of aromatic amines is 1. The van der Waals surface area contributed by atoms with Crippen LogP contribution in [-0.4, -0.2) is 48.8 Å².